The molecular weight excluding hydrogens is 246 g/mol. The van der Waals surface area contributed by atoms with Crippen molar-refractivity contribution in [3.63, 3.8) is 0 Å². The Balaban J connectivity index is 2.72. The van der Waals surface area contributed by atoms with Crippen LogP contribution in [0.3, 0.4) is 0 Å². The van der Waals surface area contributed by atoms with Crippen molar-refractivity contribution >= 4 is 11.9 Å². The van der Waals surface area contributed by atoms with Gasteiger partial charge in [-0.05, 0) is 11.6 Å². The normalized spacial score (nSPS) is 11.2. The summed E-state index contributed by atoms with van der Waals surface area (Å²) in [6.07, 6.45) is 3.70. The van der Waals surface area contributed by atoms with E-state index in [-0.39, 0.29) is 11.9 Å². The number of hydrogen-bond donors (Lipinski definition) is 2. The van der Waals surface area contributed by atoms with Gasteiger partial charge in [0.1, 0.15) is 5.84 Å². The quantitative estimate of drug-likeness (QED) is 0.354. The van der Waals surface area contributed by atoms with Crippen molar-refractivity contribution in [2.24, 2.45) is 10.9 Å². The van der Waals surface area contributed by atoms with E-state index in [4.69, 9.17) is 10.9 Å². The molecule has 19 heavy (non-hydrogen) atoms. The number of carbonyl (C=O) groups excluding carboxylic acids is 1. The van der Waals surface area contributed by atoms with Crippen molar-refractivity contribution in [1.29, 1.82) is 0 Å². The third-order valence-electron chi connectivity index (χ3n) is 2.52. The molecule has 0 saturated carbocycles. The molecule has 1 rings (SSSR count). The third kappa shape index (κ3) is 4.82. The lowest BCUT2D eigenvalue weighted by Crippen LogP contribution is -2.40. The molecule has 0 spiro atoms. The summed E-state index contributed by atoms with van der Waals surface area (Å²) in [7, 11) is 3.37. The molecule has 0 aliphatic carbocycles. The maximum atomic E-state index is 12.0. The number of rotatable bonds is 5. The Morgan fingerprint density at radius 1 is 1.53 bits per heavy atom. The lowest BCUT2D eigenvalue weighted by molar-refractivity contribution is 0.169. The van der Waals surface area contributed by atoms with Crippen molar-refractivity contribution in [2.75, 3.05) is 20.6 Å². The second-order valence-electron chi connectivity index (χ2n) is 4.30. The van der Waals surface area contributed by atoms with Gasteiger partial charge in [-0.3, -0.25) is 4.98 Å². The van der Waals surface area contributed by atoms with E-state index >= 15 is 0 Å². The molecule has 0 radical (unpaired) electrons. The van der Waals surface area contributed by atoms with Gasteiger partial charge in [-0.2, -0.15) is 0 Å². The lowest BCUT2D eigenvalue weighted by atomic mass is 10.2. The number of aromatic nitrogens is 1. The minimum absolute atomic E-state index is 0.0998. The van der Waals surface area contributed by atoms with Crippen LogP contribution in [0.2, 0.25) is 0 Å². The third-order valence-corrected chi connectivity index (χ3v) is 2.52. The molecule has 0 fully saturated rings. The van der Waals surface area contributed by atoms with Crippen LogP contribution in [-0.4, -0.2) is 52.5 Å². The first kappa shape index (κ1) is 14.7. The summed E-state index contributed by atoms with van der Waals surface area (Å²) in [5, 5.41) is 11.4. The van der Waals surface area contributed by atoms with Crippen molar-refractivity contribution in [3.8, 4) is 0 Å². The monoisotopic (exact) mass is 265 g/mol. The molecule has 0 aromatic carbocycles. The molecule has 1 aromatic heterocycles. The van der Waals surface area contributed by atoms with Gasteiger partial charge in [-0.15, -0.1) is 0 Å². The first-order valence-electron chi connectivity index (χ1n) is 5.86. The van der Waals surface area contributed by atoms with Crippen LogP contribution in [-0.2, 0) is 6.54 Å². The Bertz CT molecular complexity index is 433. The predicted octanol–water partition coefficient (Wildman–Crippen LogP) is 0.702. The van der Waals surface area contributed by atoms with Crippen LogP contribution in [0.4, 0.5) is 4.79 Å². The second kappa shape index (κ2) is 7.20. The van der Waals surface area contributed by atoms with Gasteiger partial charge >= 0.3 is 6.03 Å². The zero-order valence-corrected chi connectivity index (χ0v) is 11.2. The van der Waals surface area contributed by atoms with Crippen LogP contribution in [0, 0.1) is 0 Å². The molecule has 3 N–H and O–H groups in total. The highest BCUT2D eigenvalue weighted by molar-refractivity contribution is 5.80. The van der Waals surface area contributed by atoms with Crippen LogP contribution in [0.1, 0.15) is 12.0 Å². The minimum atomic E-state index is -0.130. The van der Waals surface area contributed by atoms with Gasteiger partial charge in [0.05, 0.1) is 0 Å². The molecule has 0 aliphatic rings. The Morgan fingerprint density at radius 2 is 2.26 bits per heavy atom. The van der Waals surface area contributed by atoms with E-state index in [0.717, 1.165) is 5.56 Å². The fourth-order valence-corrected chi connectivity index (χ4v) is 1.54. The van der Waals surface area contributed by atoms with Crippen molar-refractivity contribution in [2.45, 2.75) is 13.0 Å². The molecule has 0 atom stereocenters. The van der Waals surface area contributed by atoms with Crippen molar-refractivity contribution < 1.29 is 10.0 Å². The highest BCUT2D eigenvalue weighted by Crippen LogP contribution is 2.06. The van der Waals surface area contributed by atoms with Crippen LogP contribution >= 0.6 is 0 Å². The SMILES string of the molecule is CN(C)C(=O)N(CCC(N)=NO)Cc1cccnc1. The standard InChI is InChI=1S/C12H19N5O2/c1-16(2)12(18)17(7-5-11(13)15-19)9-10-4-3-6-14-8-10/h3-4,6,8,19H,5,7,9H2,1-2H3,(H2,13,15). The van der Waals surface area contributed by atoms with Crippen LogP contribution in [0.25, 0.3) is 0 Å². The van der Waals surface area contributed by atoms with Crippen LogP contribution in [0.15, 0.2) is 29.7 Å². The molecule has 7 nitrogen and oxygen atoms in total. The molecule has 104 valence electrons. The lowest BCUT2D eigenvalue weighted by Gasteiger charge is -2.26. The highest BCUT2D eigenvalue weighted by Gasteiger charge is 2.16. The molecule has 0 saturated heterocycles. The summed E-state index contributed by atoms with van der Waals surface area (Å²) in [4.78, 5) is 19.2. The van der Waals surface area contributed by atoms with Crippen molar-refractivity contribution in [3.05, 3.63) is 30.1 Å². The Morgan fingerprint density at radius 3 is 2.79 bits per heavy atom. The van der Waals surface area contributed by atoms with Crippen LogP contribution in [0.5, 0.6) is 0 Å². The van der Waals surface area contributed by atoms with E-state index < -0.39 is 0 Å². The van der Waals surface area contributed by atoms with Gasteiger partial charge < -0.3 is 20.7 Å². The van der Waals surface area contributed by atoms with E-state index in [9.17, 15) is 4.79 Å². The van der Waals surface area contributed by atoms with Gasteiger partial charge in [-0.1, -0.05) is 11.2 Å². The molecule has 1 aromatic rings. The summed E-state index contributed by atoms with van der Waals surface area (Å²) in [5.74, 6) is 0.0998. The van der Waals surface area contributed by atoms with E-state index in [1.54, 1.807) is 31.4 Å². The number of oxime groups is 1. The number of hydrogen-bond acceptors (Lipinski definition) is 4. The first-order chi connectivity index (χ1) is 9.04. The van der Waals surface area contributed by atoms with Gasteiger partial charge in [0.25, 0.3) is 0 Å². The fraction of sp³-hybridized carbons (Fsp3) is 0.417. The summed E-state index contributed by atoms with van der Waals surface area (Å²) < 4.78 is 0. The Labute approximate surface area is 112 Å². The zero-order chi connectivity index (χ0) is 14.3. The highest BCUT2D eigenvalue weighted by atomic mass is 16.4. The minimum Gasteiger partial charge on any atom is -0.409 e. The number of nitrogens with two attached hydrogens (primary N) is 1. The maximum absolute atomic E-state index is 12.0. The number of urea groups is 1. The van der Waals surface area contributed by atoms with E-state index in [0.29, 0.717) is 19.5 Å². The average Bonchev–Trinajstić information content (AvgIpc) is 2.43. The second-order valence-corrected chi connectivity index (χ2v) is 4.30. The molecular formula is C12H19N5O2. The Kier molecular flexibility index (Phi) is 5.59. The fourth-order valence-electron chi connectivity index (χ4n) is 1.54. The van der Waals surface area contributed by atoms with Gasteiger partial charge in [-0.25, -0.2) is 4.79 Å². The van der Waals surface area contributed by atoms with Gasteiger partial charge in [0.15, 0.2) is 0 Å². The first-order valence-corrected chi connectivity index (χ1v) is 5.86. The van der Waals surface area contributed by atoms with Gasteiger partial charge in [0, 0.05) is 46.0 Å². The summed E-state index contributed by atoms with van der Waals surface area (Å²) in [5.41, 5.74) is 6.35. The predicted molar refractivity (Wildman–Crippen MR) is 71.8 cm³/mol. The van der Waals surface area contributed by atoms with Gasteiger partial charge in [0.2, 0.25) is 0 Å². The number of amides is 2. The largest absolute Gasteiger partial charge is 0.409 e. The number of carbonyl (C=O) groups is 1. The average molecular weight is 265 g/mol. The Hall–Kier alpha value is -2.31. The van der Waals surface area contributed by atoms with Crippen molar-refractivity contribution in [1.82, 2.24) is 14.8 Å². The van der Waals surface area contributed by atoms with E-state index in [2.05, 4.69) is 10.1 Å². The summed E-state index contributed by atoms with van der Waals surface area (Å²) in [6, 6.07) is 3.58. The van der Waals surface area contributed by atoms with E-state index in [1.165, 1.54) is 4.90 Å². The molecule has 7 heteroatoms. The maximum Gasteiger partial charge on any atom is 0.319 e. The summed E-state index contributed by atoms with van der Waals surface area (Å²) >= 11 is 0. The zero-order valence-electron chi connectivity index (χ0n) is 11.2. The number of pyridine rings is 1. The van der Waals surface area contributed by atoms with Crippen LogP contribution < -0.4 is 5.73 Å². The number of nitrogens with zero attached hydrogens (tertiary/aromatic N) is 4. The molecule has 0 unspecified atom stereocenters. The molecule has 0 aliphatic heterocycles. The smallest absolute Gasteiger partial charge is 0.319 e. The van der Waals surface area contributed by atoms with E-state index in [1.807, 2.05) is 12.1 Å². The summed E-state index contributed by atoms with van der Waals surface area (Å²) in [6.45, 7) is 0.811. The topological polar surface area (TPSA) is 95.1 Å². The molecule has 0 bridgehead atoms. The molecule has 1 heterocycles. The molecule has 2 amide bonds. The number of amidine groups is 1.